The summed E-state index contributed by atoms with van der Waals surface area (Å²) in [5.41, 5.74) is 6.47. The SMILES string of the molecule is Nc1ccc(Sc2nccc3ccccc23)cc1. The number of nitrogens with two attached hydrogens (primary N) is 1. The number of fused-ring (bicyclic) bond motifs is 1. The van der Waals surface area contributed by atoms with Crippen molar-refractivity contribution in [2.45, 2.75) is 9.92 Å². The average molecular weight is 252 g/mol. The Morgan fingerprint density at radius 3 is 2.50 bits per heavy atom. The van der Waals surface area contributed by atoms with Crippen LogP contribution >= 0.6 is 11.8 Å². The van der Waals surface area contributed by atoms with Gasteiger partial charge in [-0.15, -0.1) is 0 Å². The summed E-state index contributed by atoms with van der Waals surface area (Å²) in [5.74, 6) is 0. The Hall–Kier alpha value is -2.00. The fourth-order valence-electron chi connectivity index (χ4n) is 1.82. The molecule has 0 aliphatic carbocycles. The minimum Gasteiger partial charge on any atom is -0.399 e. The van der Waals surface area contributed by atoms with Crippen LogP contribution in [0.25, 0.3) is 10.8 Å². The van der Waals surface area contributed by atoms with Gasteiger partial charge in [-0.25, -0.2) is 4.98 Å². The van der Waals surface area contributed by atoms with Gasteiger partial charge in [0.1, 0.15) is 5.03 Å². The van der Waals surface area contributed by atoms with Crippen LogP contribution in [0.5, 0.6) is 0 Å². The number of rotatable bonds is 2. The Kier molecular flexibility index (Phi) is 2.90. The van der Waals surface area contributed by atoms with Crippen molar-refractivity contribution in [2.24, 2.45) is 0 Å². The van der Waals surface area contributed by atoms with Crippen LogP contribution in [-0.4, -0.2) is 4.98 Å². The minimum atomic E-state index is 0.783. The average Bonchev–Trinajstić information content (AvgIpc) is 2.42. The van der Waals surface area contributed by atoms with Gasteiger partial charge in [0.05, 0.1) is 0 Å². The molecule has 0 atom stereocenters. The van der Waals surface area contributed by atoms with Crippen molar-refractivity contribution < 1.29 is 0 Å². The zero-order valence-corrected chi connectivity index (χ0v) is 10.5. The van der Waals surface area contributed by atoms with Gasteiger partial charge < -0.3 is 5.73 Å². The molecule has 3 rings (SSSR count). The normalized spacial score (nSPS) is 10.7. The van der Waals surface area contributed by atoms with Gasteiger partial charge in [0.2, 0.25) is 0 Å². The van der Waals surface area contributed by atoms with E-state index in [-0.39, 0.29) is 0 Å². The van der Waals surface area contributed by atoms with Crippen molar-refractivity contribution >= 4 is 28.2 Å². The molecule has 2 N–H and O–H groups in total. The van der Waals surface area contributed by atoms with Gasteiger partial charge in [-0.1, -0.05) is 36.0 Å². The van der Waals surface area contributed by atoms with Gasteiger partial charge in [0, 0.05) is 22.2 Å². The fourth-order valence-corrected chi connectivity index (χ4v) is 2.73. The second-order valence-corrected chi connectivity index (χ2v) is 5.07. The highest BCUT2D eigenvalue weighted by Gasteiger charge is 2.03. The van der Waals surface area contributed by atoms with E-state index in [0.717, 1.165) is 15.6 Å². The Morgan fingerprint density at radius 1 is 0.889 bits per heavy atom. The number of nitrogen functional groups attached to an aromatic ring is 1. The molecule has 0 amide bonds. The van der Waals surface area contributed by atoms with Gasteiger partial charge in [-0.05, 0) is 35.7 Å². The van der Waals surface area contributed by atoms with Crippen LogP contribution in [0, 0.1) is 0 Å². The van der Waals surface area contributed by atoms with Crippen LogP contribution in [0.1, 0.15) is 0 Å². The molecule has 0 saturated carbocycles. The number of hydrogen-bond acceptors (Lipinski definition) is 3. The summed E-state index contributed by atoms with van der Waals surface area (Å²) < 4.78 is 0. The lowest BCUT2D eigenvalue weighted by Gasteiger charge is -2.05. The zero-order valence-electron chi connectivity index (χ0n) is 9.71. The summed E-state index contributed by atoms with van der Waals surface area (Å²) in [7, 11) is 0. The van der Waals surface area contributed by atoms with Crippen molar-refractivity contribution in [3.63, 3.8) is 0 Å². The number of pyridine rings is 1. The van der Waals surface area contributed by atoms with Crippen LogP contribution in [0.2, 0.25) is 0 Å². The van der Waals surface area contributed by atoms with E-state index in [4.69, 9.17) is 5.73 Å². The van der Waals surface area contributed by atoms with Crippen LogP contribution < -0.4 is 5.73 Å². The molecule has 0 radical (unpaired) electrons. The number of aromatic nitrogens is 1. The lowest BCUT2D eigenvalue weighted by atomic mass is 10.2. The number of anilines is 1. The minimum absolute atomic E-state index is 0.783. The summed E-state index contributed by atoms with van der Waals surface area (Å²) in [6.07, 6.45) is 1.85. The topological polar surface area (TPSA) is 38.9 Å². The van der Waals surface area contributed by atoms with Crippen molar-refractivity contribution in [2.75, 3.05) is 5.73 Å². The molecule has 0 bridgehead atoms. The quantitative estimate of drug-likeness (QED) is 0.701. The molecule has 0 unspecified atom stereocenters. The molecular weight excluding hydrogens is 240 g/mol. The van der Waals surface area contributed by atoms with Crippen molar-refractivity contribution in [3.05, 3.63) is 60.8 Å². The first-order valence-corrected chi connectivity index (χ1v) is 6.52. The predicted molar refractivity (Wildman–Crippen MR) is 76.7 cm³/mol. The standard InChI is InChI=1S/C15H12N2S/c16-12-5-7-13(8-6-12)18-15-14-4-2-1-3-11(14)9-10-17-15/h1-10H,16H2. The smallest absolute Gasteiger partial charge is 0.109 e. The van der Waals surface area contributed by atoms with Crippen molar-refractivity contribution in [1.82, 2.24) is 4.98 Å². The second kappa shape index (κ2) is 4.70. The van der Waals surface area contributed by atoms with E-state index in [2.05, 4.69) is 17.1 Å². The molecular formula is C15H12N2S. The Morgan fingerprint density at radius 2 is 1.67 bits per heavy atom. The lowest BCUT2D eigenvalue weighted by Crippen LogP contribution is -1.85. The maximum absolute atomic E-state index is 5.69. The van der Waals surface area contributed by atoms with E-state index < -0.39 is 0 Å². The van der Waals surface area contributed by atoms with Gasteiger partial charge >= 0.3 is 0 Å². The fraction of sp³-hybridized carbons (Fsp3) is 0. The molecule has 2 nitrogen and oxygen atoms in total. The monoisotopic (exact) mass is 252 g/mol. The van der Waals surface area contributed by atoms with E-state index in [1.165, 1.54) is 10.8 Å². The van der Waals surface area contributed by atoms with Crippen LogP contribution in [-0.2, 0) is 0 Å². The van der Waals surface area contributed by atoms with E-state index in [1.54, 1.807) is 11.8 Å². The summed E-state index contributed by atoms with van der Waals surface area (Å²) in [6, 6.07) is 18.2. The van der Waals surface area contributed by atoms with Gasteiger partial charge in [-0.3, -0.25) is 0 Å². The third kappa shape index (κ3) is 2.17. The summed E-state index contributed by atoms with van der Waals surface area (Å²) >= 11 is 1.66. The first-order chi connectivity index (χ1) is 8.83. The summed E-state index contributed by atoms with van der Waals surface area (Å²) in [6.45, 7) is 0. The number of hydrogen-bond donors (Lipinski definition) is 1. The summed E-state index contributed by atoms with van der Waals surface area (Å²) in [5, 5.41) is 3.42. The molecule has 2 aromatic carbocycles. The maximum atomic E-state index is 5.69. The molecule has 88 valence electrons. The molecule has 3 aromatic rings. The molecule has 0 spiro atoms. The predicted octanol–water partition coefficient (Wildman–Crippen LogP) is 3.97. The molecule has 1 aromatic heterocycles. The van der Waals surface area contributed by atoms with Gasteiger partial charge in [0.25, 0.3) is 0 Å². The molecule has 1 heterocycles. The number of benzene rings is 2. The largest absolute Gasteiger partial charge is 0.399 e. The first kappa shape index (κ1) is 11.1. The molecule has 3 heteroatoms. The van der Waals surface area contributed by atoms with Crippen molar-refractivity contribution in [3.8, 4) is 0 Å². The Labute approximate surface area is 110 Å². The molecule has 18 heavy (non-hydrogen) atoms. The van der Waals surface area contributed by atoms with E-state index in [9.17, 15) is 0 Å². The molecule has 0 fully saturated rings. The lowest BCUT2D eigenvalue weighted by molar-refractivity contribution is 1.17. The van der Waals surface area contributed by atoms with E-state index in [1.807, 2.05) is 48.7 Å². The van der Waals surface area contributed by atoms with Crippen LogP contribution in [0.15, 0.2) is 70.7 Å². The Balaban J connectivity index is 2.02. The number of nitrogens with zero attached hydrogens (tertiary/aromatic N) is 1. The Bertz CT molecular complexity index is 672. The molecule has 0 aliphatic rings. The van der Waals surface area contributed by atoms with Gasteiger partial charge in [-0.2, -0.15) is 0 Å². The highest BCUT2D eigenvalue weighted by molar-refractivity contribution is 7.99. The summed E-state index contributed by atoms with van der Waals surface area (Å²) in [4.78, 5) is 5.60. The maximum Gasteiger partial charge on any atom is 0.109 e. The van der Waals surface area contributed by atoms with Gasteiger partial charge in [0.15, 0.2) is 0 Å². The molecule has 0 aliphatic heterocycles. The van der Waals surface area contributed by atoms with Crippen LogP contribution in [0.3, 0.4) is 0 Å². The zero-order chi connectivity index (χ0) is 12.4. The van der Waals surface area contributed by atoms with Crippen LogP contribution in [0.4, 0.5) is 5.69 Å². The van der Waals surface area contributed by atoms with E-state index >= 15 is 0 Å². The highest BCUT2D eigenvalue weighted by atomic mass is 32.2. The second-order valence-electron chi connectivity index (χ2n) is 4.01. The van der Waals surface area contributed by atoms with E-state index in [0.29, 0.717) is 0 Å². The molecule has 0 saturated heterocycles. The first-order valence-electron chi connectivity index (χ1n) is 5.70. The third-order valence-corrected chi connectivity index (χ3v) is 3.76. The third-order valence-electron chi connectivity index (χ3n) is 2.73. The highest BCUT2D eigenvalue weighted by Crippen LogP contribution is 2.31. The van der Waals surface area contributed by atoms with Crippen molar-refractivity contribution in [1.29, 1.82) is 0 Å².